The van der Waals surface area contributed by atoms with E-state index in [-0.39, 0.29) is 12.5 Å². The molecule has 1 aromatic carbocycles. The standard InChI is InChI=1S/C27H36N2O10/c1-3-14-15-10-20(36-2)29(9-8-27(35)13-28-18-7-5-4-6-17(18)27)24(34)16(15)12-37-25(14)39-26-23(33)22(32)21(31)19(11-30)38-26/h3-7,12,14-15,19-23,25-26,28,30-33,35H,1,8-11,13H2,2H3/t14-,15+,19-,20-,21-,22+,23-,25+,26+,27-/m1/s1. The van der Waals surface area contributed by atoms with Gasteiger partial charge in [0.1, 0.15) is 36.2 Å². The highest BCUT2D eigenvalue weighted by atomic mass is 16.8. The fraction of sp³-hybridized carbons (Fsp3) is 0.593. The third-order valence-corrected chi connectivity index (χ3v) is 8.25. The number of aliphatic hydroxyl groups excluding tert-OH is 4. The summed E-state index contributed by atoms with van der Waals surface area (Å²) in [5.74, 6) is -1.23. The number of ether oxygens (including phenoxy) is 4. The molecule has 2 saturated heterocycles. The number of piperidine rings is 1. The Morgan fingerprint density at radius 2 is 1.97 bits per heavy atom. The second-order valence-electron chi connectivity index (χ2n) is 10.4. The lowest BCUT2D eigenvalue weighted by molar-refractivity contribution is -0.339. The van der Waals surface area contributed by atoms with Crippen molar-refractivity contribution in [1.29, 1.82) is 0 Å². The summed E-state index contributed by atoms with van der Waals surface area (Å²) in [6.07, 6.45) is -5.26. The first-order valence-corrected chi connectivity index (χ1v) is 13.1. The Morgan fingerprint density at radius 1 is 1.21 bits per heavy atom. The van der Waals surface area contributed by atoms with Crippen molar-refractivity contribution in [2.45, 2.75) is 61.7 Å². The van der Waals surface area contributed by atoms with E-state index in [4.69, 9.17) is 18.9 Å². The van der Waals surface area contributed by atoms with Crippen LogP contribution in [0.25, 0.3) is 0 Å². The Hall–Kier alpha value is -2.55. The fourth-order valence-corrected chi connectivity index (χ4v) is 5.94. The zero-order valence-electron chi connectivity index (χ0n) is 21.6. The highest BCUT2D eigenvalue weighted by Crippen LogP contribution is 2.43. The van der Waals surface area contributed by atoms with Crippen LogP contribution in [0.4, 0.5) is 5.69 Å². The molecule has 214 valence electrons. The summed E-state index contributed by atoms with van der Waals surface area (Å²) in [6.45, 7) is 3.88. The Bertz CT molecular complexity index is 1100. The molecule has 0 radical (unpaired) electrons. The number of aliphatic hydroxyl groups is 5. The molecule has 6 N–H and O–H groups in total. The second-order valence-corrected chi connectivity index (χ2v) is 10.4. The summed E-state index contributed by atoms with van der Waals surface area (Å²) in [6, 6.07) is 7.55. The number of benzene rings is 1. The van der Waals surface area contributed by atoms with Crippen LogP contribution in [0.1, 0.15) is 18.4 Å². The number of nitrogens with zero attached hydrogens (tertiary/aromatic N) is 1. The van der Waals surface area contributed by atoms with Crippen molar-refractivity contribution in [1.82, 2.24) is 4.90 Å². The maximum atomic E-state index is 13.6. The van der Waals surface area contributed by atoms with Gasteiger partial charge >= 0.3 is 0 Å². The molecule has 12 nitrogen and oxygen atoms in total. The van der Waals surface area contributed by atoms with Gasteiger partial charge in [-0.1, -0.05) is 24.3 Å². The van der Waals surface area contributed by atoms with Crippen molar-refractivity contribution < 1.29 is 49.3 Å². The summed E-state index contributed by atoms with van der Waals surface area (Å²) >= 11 is 0. The van der Waals surface area contributed by atoms with Crippen LogP contribution in [0, 0.1) is 11.8 Å². The number of nitrogens with one attached hydrogen (secondary N) is 1. The van der Waals surface area contributed by atoms with E-state index in [0.717, 1.165) is 11.3 Å². The zero-order chi connectivity index (χ0) is 27.9. The highest BCUT2D eigenvalue weighted by Gasteiger charge is 2.50. The molecule has 0 aromatic heterocycles. The van der Waals surface area contributed by atoms with Crippen LogP contribution in [0.15, 0.2) is 48.8 Å². The van der Waals surface area contributed by atoms with E-state index >= 15 is 0 Å². The molecule has 1 aromatic rings. The number of β-amino-alcohol motifs (C(OH)–C–C–N with tert-alkyl or cyclic N) is 1. The minimum absolute atomic E-state index is 0.247. The van der Waals surface area contributed by atoms with Gasteiger partial charge in [0.2, 0.25) is 6.29 Å². The first-order valence-electron chi connectivity index (χ1n) is 13.1. The average Bonchev–Trinajstić information content (AvgIpc) is 3.29. The summed E-state index contributed by atoms with van der Waals surface area (Å²) in [5, 5.41) is 54.5. The van der Waals surface area contributed by atoms with Gasteiger partial charge in [0.25, 0.3) is 5.91 Å². The van der Waals surface area contributed by atoms with Crippen LogP contribution >= 0.6 is 0 Å². The first-order chi connectivity index (χ1) is 18.7. The van der Waals surface area contributed by atoms with Gasteiger partial charge in [-0.05, 0) is 12.5 Å². The molecular formula is C27H36N2O10. The maximum absolute atomic E-state index is 13.6. The Morgan fingerprint density at radius 3 is 2.69 bits per heavy atom. The van der Waals surface area contributed by atoms with Gasteiger partial charge in [0.05, 0.1) is 18.4 Å². The van der Waals surface area contributed by atoms with Crippen LogP contribution in [-0.4, -0.2) is 106 Å². The maximum Gasteiger partial charge on any atom is 0.255 e. The minimum Gasteiger partial charge on any atom is -0.471 e. The molecule has 4 heterocycles. The molecule has 4 aliphatic rings. The number of likely N-dealkylation sites (tertiary alicyclic amines) is 1. The normalized spacial score (nSPS) is 39.7. The Kier molecular flexibility index (Phi) is 8.00. The molecule has 10 atom stereocenters. The number of methoxy groups -OCH3 is 1. The molecule has 0 unspecified atom stereocenters. The van der Waals surface area contributed by atoms with E-state index in [1.54, 1.807) is 11.0 Å². The van der Waals surface area contributed by atoms with Crippen molar-refractivity contribution in [3.05, 3.63) is 54.3 Å². The van der Waals surface area contributed by atoms with Crippen molar-refractivity contribution in [3.8, 4) is 0 Å². The molecule has 4 aliphatic heterocycles. The number of anilines is 1. The number of fused-ring (bicyclic) bond motifs is 2. The number of hydrogen-bond acceptors (Lipinski definition) is 11. The lowest BCUT2D eigenvalue weighted by Crippen LogP contribution is -2.60. The van der Waals surface area contributed by atoms with E-state index in [2.05, 4.69) is 11.9 Å². The van der Waals surface area contributed by atoms with Crippen LogP contribution < -0.4 is 5.32 Å². The van der Waals surface area contributed by atoms with E-state index in [0.29, 0.717) is 25.0 Å². The van der Waals surface area contributed by atoms with Crippen molar-refractivity contribution in [2.24, 2.45) is 11.8 Å². The van der Waals surface area contributed by atoms with Crippen LogP contribution in [-0.2, 0) is 29.3 Å². The largest absolute Gasteiger partial charge is 0.471 e. The summed E-state index contributed by atoms with van der Waals surface area (Å²) < 4.78 is 22.8. The topological polar surface area (TPSA) is 170 Å². The quantitative estimate of drug-likeness (QED) is 0.229. The smallest absolute Gasteiger partial charge is 0.255 e. The molecule has 1 amide bonds. The van der Waals surface area contributed by atoms with Gasteiger partial charge in [0.15, 0.2) is 6.29 Å². The Labute approximate surface area is 226 Å². The van der Waals surface area contributed by atoms with Gasteiger partial charge in [-0.15, -0.1) is 6.58 Å². The minimum atomic E-state index is -1.60. The van der Waals surface area contributed by atoms with E-state index in [9.17, 15) is 30.3 Å². The van der Waals surface area contributed by atoms with E-state index < -0.39 is 67.3 Å². The Balaban J connectivity index is 1.31. The van der Waals surface area contributed by atoms with Crippen LogP contribution in [0.2, 0.25) is 0 Å². The molecule has 0 spiro atoms. The fourth-order valence-electron chi connectivity index (χ4n) is 5.94. The van der Waals surface area contributed by atoms with Crippen molar-refractivity contribution >= 4 is 11.6 Å². The number of amides is 1. The number of rotatable bonds is 8. The molecule has 0 bridgehead atoms. The SMILES string of the molecule is C=C[C@H]1[C@H](O[C@@H]2O[C@H](CO)[C@@H](O)[C@H](O)[C@H]2O)OC=C2C(=O)N(CC[C@@]3(O)CNc4ccccc43)[C@H](OC)C[C@H]21. The molecule has 12 heteroatoms. The predicted octanol–water partition coefficient (Wildman–Crippen LogP) is -0.630. The van der Waals surface area contributed by atoms with Crippen LogP contribution in [0.3, 0.4) is 0 Å². The highest BCUT2D eigenvalue weighted by molar-refractivity contribution is 5.95. The summed E-state index contributed by atoms with van der Waals surface area (Å²) in [4.78, 5) is 15.2. The predicted molar refractivity (Wildman–Crippen MR) is 136 cm³/mol. The average molecular weight is 549 g/mol. The lowest BCUT2D eigenvalue weighted by Gasteiger charge is -2.47. The molecule has 5 rings (SSSR count). The monoisotopic (exact) mass is 548 g/mol. The van der Waals surface area contributed by atoms with E-state index in [1.165, 1.54) is 13.4 Å². The summed E-state index contributed by atoms with van der Waals surface area (Å²) in [5.41, 5.74) is 0.938. The number of carbonyl (C=O) groups is 1. The van der Waals surface area contributed by atoms with Crippen molar-refractivity contribution in [3.63, 3.8) is 0 Å². The van der Waals surface area contributed by atoms with Gasteiger partial charge in [0, 0.05) is 49.7 Å². The van der Waals surface area contributed by atoms with Crippen LogP contribution in [0.5, 0.6) is 0 Å². The van der Waals surface area contributed by atoms with Gasteiger partial charge in [-0.3, -0.25) is 4.79 Å². The second kappa shape index (κ2) is 11.1. The zero-order valence-corrected chi connectivity index (χ0v) is 21.6. The summed E-state index contributed by atoms with van der Waals surface area (Å²) in [7, 11) is 1.52. The third-order valence-electron chi connectivity index (χ3n) is 8.25. The number of hydrogen-bond donors (Lipinski definition) is 6. The molecule has 2 fully saturated rings. The van der Waals surface area contributed by atoms with Gasteiger partial charge < -0.3 is 54.7 Å². The van der Waals surface area contributed by atoms with Crippen molar-refractivity contribution in [2.75, 3.05) is 32.1 Å². The van der Waals surface area contributed by atoms with Gasteiger partial charge in [-0.2, -0.15) is 0 Å². The number of para-hydroxylation sites is 1. The molecule has 0 saturated carbocycles. The lowest BCUT2D eigenvalue weighted by atomic mass is 9.78. The molecular weight excluding hydrogens is 512 g/mol. The third kappa shape index (κ3) is 4.96. The van der Waals surface area contributed by atoms with E-state index in [1.807, 2.05) is 24.3 Å². The van der Waals surface area contributed by atoms with Gasteiger partial charge in [-0.25, -0.2) is 0 Å². The molecule has 39 heavy (non-hydrogen) atoms. The molecule has 0 aliphatic carbocycles. The first kappa shape index (κ1) is 28.0. The number of carbonyl (C=O) groups excluding carboxylic acids is 1.